The minimum absolute atomic E-state index is 0.217. The first-order chi connectivity index (χ1) is 12.2. The fourth-order valence-corrected chi connectivity index (χ4v) is 2.73. The van der Waals surface area contributed by atoms with Crippen molar-refractivity contribution < 1.29 is 14.6 Å². The number of aliphatic hydroxyl groups is 1. The van der Waals surface area contributed by atoms with Crippen LogP contribution in [0.1, 0.15) is 38.3 Å². The van der Waals surface area contributed by atoms with Crippen LogP contribution in [0.25, 0.3) is 0 Å². The van der Waals surface area contributed by atoms with E-state index in [0.717, 1.165) is 0 Å². The molecule has 2 rings (SSSR count). The van der Waals surface area contributed by atoms with E-state index in [1.165, 1.54) is 0 Å². The van der Waals surface area contributed by atoms with E-state index in [2.05, 4.69) is 0 Å². The highest BCUT2D eigenvalue weighted by Gasteiger charge is 2.29. The fraction of sp³-hybridized carbons (Fsp3) is 0.526. The van der Waals surface area contributed by atoms with Gasteiger partial charge in [0.25, 0.3) is 0 Å². The summed E-state index contributed by atoms with van der Waals surface area (Å²) < 4.78 is 5.36. The minimum Gasteiger partial charge on any atom is -0.444 e. The third-order valence-corrected chi connectivity index (χ3v) is 3.98. The number of nitriles is 1. The molecule has 1 heterocycles. The van der Waals surface area contributed by atoms with Crippen LogP contribution in [0, 0.1) is 16.7 Å². The number of rotatable bonds is 5. The van der Waals surface area contributed by atoms with Gasteiger partial charge < -0.3 is 15.3 Å². The van der Waals surface area contributed by atoms with Crippen molar-refractivity contribution >= 4 is 11.8 Å². The van der Waals surface area contributed by atoms with Gasteiger partial charge in [-0.15, -0.1) is 0 Å². The second kappa shape index (κ2) is 8.30. The molecular weight excluding hydrogens is 332 g/mol. The largest absolute Gasteiger partial charge is 0.444 e. The molecule has 1 unspecified atom stereocenters. The van der Waals surface area contributed by atoms with E-state index in [0.29, 0.717) is 43.1 Å². The van der Waals surface area contributed by atoms with E-state index in [1.807, 2.05) is 31.7 Å². The summed E-state index contributed by atoms with van der Waals surface area (Å²) in [6.07, 6.45) is -0.828. The molecule has 0 bridgehead atoms. The van der Waals surface area contributed by atoms with Crippen LogP contribution in [0.15, 0.2) is 24.3 Å². The van der Waals surface area contributed by atoms with Gasteiger partial charge in [0.1, 0.15) is 5.60 Å². The topological polar surface area (TPSA) is 101 Å². The second-order valence-electron chi connectivity index (χ2n) is 7.49. The number of aliphatic hydroxyl groups excluding tert-OH is 1. The van der Waals surface area contributed by atoms with Crippen molar-refractivity contribution in [3.8, 4) is 6.07 Å². The van der Waals surface area contributed by atoms with Crippen LogP contribution in [0.3, 0.4) is 0 Å². The van der Waals surface area contributed by atoms with Crippen LogP contribution < -0.4 is 0 Å². The molecule has 1 aliphatic rings. The summed E-state index contributed by atoms with van der Waals surface area (Å²) in [4.78, 5) is 15.7. The summed E-state index contributed by atoms with van der Waals surface area (Å²) in [5.74, 6) is 0. The maximum absolute atomic E-state index is 12.1. The first kappa shape index (κ1) is 19.9. The summed E-state index contributed by atoms with van der Waals surface area (Å²) >= 11 is 0. The molecule has 0 spiro atoms. The van der Waals surface area contributed by atoms with Gasteiger partial charge in [0.15, 0.2) is 0 Å². The maximum atomic E-state index is 12.1. The van der Waals surface area contributed by atoms with Crippen molar-refractivity contribution in [2.24, 2.45) is 0 Å². The Bertz CT molecular complexity index is 688. The molecule has 7 heteroatoms. The standard InChI is InChI=1S/C19H26N4O3/c1-19(2,3)26-18(25)23-9-8-22(13-23)12-16(24)10-17(21)15-6-4-14(11-20)5-7-15/h4-7,16,21,24H,8-10,12-13H2,1-3H3. The third kappa shape index (κ3) is 5.83. The average Bonchev–Trinajstić information content (AvgIpc) is 3.01. The zero-order valence-electron chi connectivity index (χ0n) is 15.5. The van der Waals surface area contributed by atoms with Gasteiger partial charge in [-0.2, -0.15) is 5.26 Å². The molecule has 140 valence electrons. The van der Waals surface area contributed by atoms with Crippen molar-refractivity contribution in [2.75, 3.05) is 26.3 Å². The fourth-order valence-electron chi connectivity index (χ4n) is 2.73. The normalized spacial score (nSPS) is 16.2. The van der Waals surface area contributed by atoms with E-state index >= 15 is 0 Å². The average molecular weight is 358 g/mol. The summed E-state index contributed by atoms with van der Waals surface area (Å²) in [5.41, 5.74) is 1.03. The Balaban J connectivity index is 1.81. The number of hydrogen-bond donors (Lipinski definition) is 2. The molecule has 7 nitrogen and oxygen atoms in total. The molecular formula is C19H26N4O3. The van der Waals surface area contributed by atoms with Crippen LogP contribution in [0.5, 0.6) is 0 Å². The number of nitrogens with one attached hydrogen (secondary N) is 1. The van der Waals surface area contributed by atoms with Gasteiger partial charge >= 0.3 is 6.09 Å². The summed E-state index contributed by atoms with van der Waals surface area (Å²) in [7, 11) is 0. The minimum atomic E-state index is -0.697. The number of carbonyl (C=O) groups excluding carboxylic acids is 1. The Morgan fingerprint density at radius 3 is 2.58 bits per heavy atom. The Kier molecular flexibility index (Phi) is 6.35. The van der Waals surface area contributed by atoms with Crippen molar-refractivity contribution in [3.63, 3.8) is 0 Å². The Labute approximate surface area is 154 Å². The number of hydrogen-bond acceptors (Lipinski definition) is 6. The van der Waals surface area contributed by atoms with Gasteiger partial charge in [0, 0.05) is 31.8 Å². The lowest BCUT2D eigenvalue weighted by molar-refractivity contribution is 0.0249. The highest BCUT2D eigenvalue weighted by atomic mass is 16.6. The van der Waals surface area contributed by atoms with Crippen molar-refractivity contribution in [3.05, 3.63) is 35.4 Å². The van der Waals surface area contributed by atoms with Crippen LogP contribution in [0.4, 0.5) is 4.79 Å². The highest BCUT2D eigenvalue weighted by Crippen LogP contribution is 2.15. The van der Waals surface area contributed by atoms with E-state index in [4.69, 9.17) is 15.4 Å². The number of benzene rings is 1. The molecule has 1 aromatic rings. The lowest BCUT2D eigenvalue weighted by atomic mass is 10.0. The van der Waals surface area contributed by atoms with Gasteiger partial charge in [-0.3, -0.25) is 9.80 Å². The zero-order valence-corrected chi connectivity index (χ0v) is 15.5. The molecule has 1 amide bonds. The number of carbonyl (C=O) groups is 1. The number of β-amino-alcohol motifs (C(OH)–C–C–N with tert-alkyl or cyclic N) is 1. The predicted octanol–water partition coefficient (Wildman–Crippen LogP) is 2.19. The van der Waals surface area contributed by atoms with Gasteiger partial charge in [-0.25, -0.2) is 4.79 Å². The van der Waals surface area contributed by atoms with Gasteiger partial charge in [-0.05, 0) is 38.5 Å². The van der Waals surface area contributed by atoms with Gasteiger partial charge in [-0.1, -0.05) is 12.1 Å². The van der Waals surface area contributed by atoms with Crippen LogP contribution >= 0.6 is 0 Å². The van der Waals surface area contributed by atoms with E-state index in [-0.39, 0.29) is 12.5 Å². The summed E-state index contributed by atoms with van der Waals surface area (Å²) in [6, 6.07) is 8.80. The summed E-state index contributed by atoms with van der Waals surface area (Å²) in [5, 5.41) is 27.2. The maximum Gasteiger partial charge on any atom is 0.411 e. The quantitative estimate of drug-likeness (QED) is 0.786. The predicted molar refractivity (Wildman–Crippen MR) is 98.0 cm³/mol. The molecule has 1 saturated heterocycles. The van der Waals surface area contributed by atoms with E-state index in [1.54, 1.807) is 29.2 Å². The zero-order chi connectivity index (χ0) is 19.3. The van der Waals surface area contributed by atoms with Crippen LogP contribution in [0.2, 0.25) is 0 Å². The molecule has 0 aromatic heterocycles. The van der Waals surface area contributed by atoms with Gasteiger partial charge in [0.2, 0.25) is 0 Å². The number of nitrogens with zero attached hydrogens (tertiary/aromatic N) is 3. The summed E-state index contributed by atoms with van der Waals surface area (Å²) in [6.45, 7) is 7.52. The first-order valence-corrected chi connectivity index (χ1v) is 8.64. The molecule has 0 aliphatic carbocycles. The number of amides is 1. The Morgan fingerprint density at radius 2 is 2.00 bits per heavy atom. The molecule has 0 radical (unpaired) electrons. The van der Waals surface area contributed by atoms with Crippen molar-refractivity contribution in [1.82, 2.24) is 9.80 Å². The van der Waals surface area contributed by atoms with Crippen molar-refractivity contribution in [1.29, 1.82) is 10.7 Å². The SMILES string of the molecule is CC(C)(C)OC(=O)N1CCN(CC(O)CC(=N)c2ccc(C#N)cc2)C1. The second-order valence-corrected chi connectivity index (χ2v) is 7.49. The van der Waals surface area contributed by atoms with Crippen molar-refractivity contribution in [2.45, 2.75) is 38.9 Å². The molecule has 26 heavy (non-hydrogen) atoms. The van der Waals surface area contributed by atoms with Gasteiger partial charge in [0.05, 0.1) is 24.4 Å². The Morgan fingerprint density at radius 1 is 1.35 bits per heavy atom. The monoisotopic (exact) mass is 358 g/mol. The van der Waals surface area contributed by atoms with Crippen LogP contribution in [-0.4, -0.2) is 64.7 Å². The Hall–Kier alpha value is -2.43. The highest BCUT2D eigenvalue weighted by molar-refractivity contribution is 5.98. The number of ether oxygens (including phenoxy) is 1. The van der Waals surface area contributed by atoms with Crippen LogP contribution in [-0.2, 0) is 4.74 Å². The lowest BCUT2D eigenvalue weighted by Crippen LogP contribution is -2.38. The van der Waals surface area contributed by atoms with E-state index < -0.39 is 11.7 Å². The smallest absolute Gasteiger partial charge is 0.411 e. The lowest BCUT2D eigenvalue weighted by Gasteiger charge is -2.25. The third-order valence-electron chi connectivity index (χ3n) is 3.98. The molecule has 2 N–H and O–H groups in total. The molecule has 1 atom stereocenters. The molecule has 1 aliphatic heterocycles. The molecule has 0 saturated carbocycles. The van der Waals surface area contributed by atoms with E-state index in [9.17, 15) is 9.90 Å². The molecule has 1 aromatic carbocycles. The first-order valence-electron chi connectivity index (χ1n) is 8.64. The molecule has 1 fully saturated rings.